The van der Waals surface area contributed by atoms with Gasteiger partial charge in [0.15, 0.2) is 0 Å². The zero-order chi connectivity index (χ0) is 18.7. The summed E-state index contributed by atoms with van der Waals surface area (Å²) in [5.74, 6) is 1.18. The van der Waals surface area contributed by atoms with Crippen LogP contribution in [0.25, 0.3) is 0 Å². The highest BCUT2D eigenvalue weighted by molar-refractivity contribution is 5.94. The average Bonchev–Trinajstić information content (AvgIpc) is 2.64. The van der Waals surface area contributed by atoms with Crippen molar-refractivity contribution in [1.29, 1.82) is 5.26 Å². The van der Waals surface area contributed by atoms with E-state index in [0.717, 1.165) is 35.4 Å². The van der Waals surface area contributed by atoms with Gasteiger partial charge in [-0.25, -0.2) is 0 Å². The van der Waals surface area contributed by atoms with Crippen LogP contribution in [-0.2, 0) is 0 Å². The molecule has 0 spiro atoms. The Kier molecular flexibility index (Phi) is 5.27. The molecule has 1 aliphatic heterocycles. The molecule has 2 atom stereocenters. The highest BCUT2D eigenvalue weighted by Gasteiger charge is 2.30. The second kappa shape index (κ2) is 7.61. The first-order valence-corrected chi connectivity index (χ1v) is 9.01. The van der Waals surface area contributed by atoms with Crippen molar-refractivity contribution in [3.05, 3.63) is 64.7 Å². The predicted octanol–water partition coefficient (Wildman–Crippen LogP) is 4.10. The number of hydrogen-bond acceptors (Lipinski definition) is 3. The molecule has 1 amide bonds. The molecule has 4 heteroatoms. The minimum absolute atomic E-state index is 0.0505. The van der Waals surface area contributed by atoms with Crippen LogP contribution in [0, 0.1) is 31.1 Å². The van der Waals surface area contributed by atoms with E-state index in [-0.39, 0.29) is 12.0 Å². The SMILES string of the molecule is Cc1ccc(C(=O)N2CC[C@@H](C)[C@H](Oc3ccc(C#N)c(C)c3)C2)cc1. The van der Waals surface area contributed by atoms with Crippen LogP contribution in [0.3, 0.4) is 0 Å². The number of piperidine rings is 1. The summed E-state index contributed by atoms with van der Waals surface area (Å²) in [6.45, 7) is 7.41. The molecule has 26 heavy (non-hydrogen) atoms. The zero-order valence-electron chi connectivity index (χ0n) is 15.5. The van der Waals surface area contributed by atoms with Crippen LogP contribution >= 0.6 is 0 Å². The van der Waals surface area contributed by atoms with Crippen molar-refractivity contribution in [1.82, 2.24) is 4.90 Å². The van der Waals surface area contributed by atoms with Gasteiger partial charge < -0.3 is 9.64 Å². The van der Waals surface area contributed by atoms with Crippen molar-refractivity contribution >= 4 is 5.91 Å². The fraction of sp³-hybridized carbons (Fsp3) is 0.364. The highest BCUT2D eigenvalue weighted by atomic mass is 16.5. The Labute approximate surface area is 155 Å². The quantitative estimate of drug-likeness (QED) is 0.839. The van der Waals surface area contributed by atoms with Crippen molar-refractivity contribution in [2.75, 3.05) is 13.1 Å². The van der Waals surface area contributed by atoms with Gasteiger partial charge in [-0.05, 0) is 62.1 Å². The maximum absolute atomic E-state index is 12.8. The second-order valence-corrected chi connectivity index (χ2v) is 7.13. The van der Waals surface area contributed by atoms with E-state index in [2.05, 4.69) is 13.0 Å². The first kappa shape index (κ1) is 18.0. The van der Waals surface area contributed by atoms with E-state index in [9.17, 15) is 4.79 Å². The van der Waals surface area contributed by atoms with E-state index in [1.807, 2.05) is 55.1 Å². The van der Waals surface area contributed by atoms with E-state index in [1.54, 1.807) is 6.07 Å². The second-order valence-electron chi connectivity index (χ2n) is 7.13. The molecule has 0 aliphatic carbocycles. The summed E-state index contributed by atoms with van der Waals surface area (Å²) < 4.78 is 6.18. The fourth-order valence-electron chi connectivity index (χ4n) is 3.26. The Bertz CT molecular complexity index is 836. The number of nitriles is 1. The molecule has 1 heterocycles. The molecule has 134 valence electrons. The van der Waals surface area contributed by atoms with Crippen LogP contribution in [0.15, 0.2) is 42.5 Å². The number of nitrogens with zero attached hydrogens (tertiary/aromatic N) is 2. The van der Waals surface area contributed by atoms with Crippen LogP contribution in [0.4, 0.5) is 0 Å². The summed E-state index contributed by atoms with van der Waals surface area (Å²) in [5.41, 5.74) is 3.43. The number of aryl methyl sites for hydroxylation is 2. The maximum atomic E-state index is 12.8. The van der Waals surface area contributed by atoms with Gasteiger partial charge in [0.2, 0.25) is 0 Å². The molecule has 1 saturated heterocycles. The lowest BCUT2D eigenvalue weighted by Crippen LogP contribution is -2.48. The molecule has 2 aromatic rings. The average molecular weight is 348 g/mol. The number of hydrogen-bond donors (Lipinski definition) is 0. The Morgan fingerprint density at radius 3 is 2.58 bits per heavy atom. The highest BCUT2D eigenvalue weighted by Crippen LogP contribution is 2.25. The first-order valence-electron chi connectivity index (χ1n) is 9.01. The number of ether oxygens (including phenoxy) is 1. The van der Waals surface area contributed by atoms with Gasteiger partial charge in [-0.2, -0.15) is 5.26 Å². The molecule has 0 saturated carbocycles. The zero-order valence-corrected chi connectivity index (χ0v) is 15.5. The van der Waals surface area contributed by atoms with Crippen LogP contribution in [0.1, 0.15) is 40.4 Å². The van der Waals surface area contributed by atoms with E-state index in [1.165, 1.54) is 0 Å². The summed E-state index contributed by atoms with van der Waals surface area (Å²) in [4.78, 5) is 14.7. The molecule has 0 N–H and O–H groups in total. The Morgan fingerprint density at radius 2 is 1.92 bits per heavy atom. The molecule has 1 aliphatic rings. The van der Waals surface area contributed by atoms with Crippen molar-refractivity contribution in [2.24, 2.45) is 5.92 Å². The Morgan fingerprint density at radius 1 is 1.19 bits per heavy atom. The van der Waals surface area contributed by atoms with Crippen molar-refractivity contribution in [3.63, 3.8) is 0 Å². The lowest BCUT2D eigenvalue weighted by Gasteiger charge is -2.37. The largest absolute Gasteiger partial charge is 0.488 e. The maximum Gasteiger partial charge on any atom is 0.253 e. The number of amides is 1. The molecule has 1 fully saturated rings. The summed E-state index contributed by atoms with van der Waals surface area (Å²) in [7, 11) is 0. The lowest BCUT2D eigenvalue weighted by atomic mass is 9.95. The van der Waals surface area contributed by atoms with Crippen molar-refractivity contribution in [2.45, 2.75) is 33.3 Å². The normalized spacial score (nSPS) is 19.7. The third-order valence-electron chi connectivity index (χ3n) is 5.08. The summed E-state index contributed by atoms with van der Waals surface area (Å²) in [6, 6.07) is 15.4. The minimum Gasteiger partial charge on any atom is -0.488 e. The van der Waals surface area contributed by atoms with Gasteiger partial charge in [-0.1, -0.05) is 24.6 Å². The Hall–Kier alpha value is -2.80. The van der Waals surface area contributed by atoms with Gasteiger partial charge in [0.25, 0.3) is 5.91 Å². The van der Waals surface area contributed by atoms with Gasteiger partial charge in [0, 0.05) is 12.1 Å². The molecule has 2 aromatic carbocycles. The molecular formula is C22H24N2O2. The van der Waals surface area contributed by atoms with E-state index < -0.39 is 0 Å². The smallest absolute Gasteiger partial charge is 0.253 e. The van der Waals surface area contributed by atoms with Gasteiger partial charge in [0.1, 0.15) is 11.9 Å². The van der Waals surface area contributed by atoms with Crippen LogP contribution in [-0.4, -0.2) is 30.0 Å². The lowest BCUT2D eigenvalue weighted by molar-refractivity contribution is 0.0358. The molecule has 0 unspecified atom stereocenters. The van der Waals surface area contributed by atoms with Crippen LogP contribution < -0.4 is 4.74 Å². The van der Waals surface area contributed by atoms with E-state index >= 15 is 0 Å². The third kappa shape index (κ3) is 3.88. The number of likely N-dealkylation sites (tertiary alicyclic amines) is 1. The van der Waals surface area contributed by atoms with E-state index in [0.29, 0.717) is 18.0 Å². The first-order chi connectivity index (χ1) is 12.5. The molecule has 0 radical (unpaired) electrons. The van der Waals surface area contributed by atoms with Gasteiger partial charge in [-0.15, -0.1) is 0 Å². The number of carbonyl (C=O) groups excluding carboxylic acids is 1. The number of benzene rings is 2. The number of carbonyl (C=O) groups is 1. The van der Waals surface area contributed by atoms with Crippen LogP contribution in [0.5, 0.6) is 5.75 Å². The van der Waals surface area contributed by atoms with Gasteiger partial charge in [0.05, 0.1) is 18.2 Å². The number of rotatable bonds is 3. The van der Waals surface area contributed by atoms with E-state index in [4.69, 9.17) is 10.00 Å². The topological polar surface area (TPSA) is 53.3 Å². The van der Waals surface area contributed by atoms with Crippen molar-refractivity contribution < 1.29 is 9.53 Å². The van der Waals surface area contributed by atoms with Gasteiger partial charge in [-0.3, -0.25) is 4.79 Å². The standard InChI is InChI=1S/C22H24N2O2/c1-15-4-6-18(7-5-15)22(25)24-11-10-16(2)21(14-24)26-20-9-8-19(13-23)17(3)12-20/h4-9,12,16,21H,10-11,14H2,1-3H3/t16-,21-/m1/s1. The van der Waals surface area contributed by atoms with Gasteiger partial charge >= 0.3 is 0 Å². The molecule has 3 rings (SSSR count). The third-order valence-corrected chi connectivity index (χ3v) is 5.08. The predicted molar refractivity (Wildman–Crippen MR) is 101 cm³/mol. The molecule has 0 bridgehead atoms. The Balaban J connectivity index is 1.72. The fourth-order valence-corrected chi connectivity index (χ4v) is 3.26. The minimum atomic E-state index is -0.0505. The summed E-state index contributed by atoms with van der Waals surface area (Å²) in [6.07, 6.45) is 0.864. The monoisotopic (exact) mass is 348 g/mol. The summed E-state index contributed by atoms with van der Waals surface area (Å²) in [5, 5.41) is 9.06. The molecule has 0 aromatic heterocycles. The van der Waals surface area contributed by atoms with Crippen molar-refractivity contribution in [3.8, 4) is 11.8 Å². The summed E-state index contributed by atoms with van der Waals surface area (Å²) >= 11 is 0. The van der Waals surface area contributed by atoms with Crippen LogP contribution in [0.2, 0.25) is 0 Å². The molecular weight excluding hydrogens is 324 g/mol. The molecule has 4 nitrogen and oxygen atoms in total.